The van der Waals surface area contributed by atoms with Crippen molar-refractivity contribution < 1.29 is 14.3 Å². The Morgan fingerprint density at radius 3 is 3.17 bits per heavy atom. The average molecular weight is 334 g/mol. The zero-order chi connectivity index (χ0) is 15.9. The van der Waals surface area contributed by atoms with E-state index in [4.69, 9.17) is 9.15 Å². The van der Waals surface area contributed by atoms with E-state index < -0.39 is 0 Å². The molecule has 1 N–H and O–H groups in total. The van der Waals surface area contributed by atoms with Crippen LogP contribution in [0.5, 0.6) is 0 Å². The van der Waals surface area contributed by atoms with Crippen LogP contribution in [0.25, 0.3) is 10.8 Å². The van der Waals surface area contributed by atoms with Crippen LogP contribution < -0.4 is 0 Å². The number of likely N-dealkylation sites (tertiary alicyclic amines) is 1. The van der Waals surface area contributed by atoms with Crippen LogP contribution in [-0.2, 0) is 11.3 Å². The number of aromatic nitrogens is 1. The van der Waals surface area contributed by atoms with Gasteiger partial charge in [-0.25, -0.2) is 4.98 Å². The second kappa shape index (κ2) is 6.02. The minimum Gasteiger partial charge on any atom is -0.440 e. The summed E-state index contributed by atoms with van der Waals surface area (Å²) in [6.07, 6.45) is 1.04. The molecular weight excluding hydrogens is 312 g/mol. The molecule has 0 aromatic carbocycles. The van der Waals surface area contributed by atoms with Crippen LogP contribution in [0, 0.1) is 18.3 Å². The SMILES string of the molecule is Cc1oc(-c2cccs2)nc1CN1C[C@@H]2CCOC[C@]2(CO)C1. The van der Waals surface area contributed by atoms with Gasteiger partial charge < -0.3 is 14.3 Å². The average Bonchev–Trinajstić information content (AvgIpc) is 3.26. The number of ether oxygens (including phenoxy) is 1. The van der Waals surface area contributed by atoms with Crippen molar-refractivity contribution >= 4 is 11.3 Å². The highest BCUT2D eigenvalue weighted by Crippen LogP contribution is 2.41. The summed E-state index contributed by atoms with van der Waals surface area (Å²) >= 11 is 1.64. The standard InChI is InChI=1S/C17H22N2O3S/c1-12-14(18-16(22-12)15-3-2-6-23-15)8-19-7-13-4-5-21-11-17(13,9-19)10-20/h2-3,6,13,20H,4-5,7-11H2,1H3/t13-,17+/m0/s1. The Labute approximate surface area is 139 Å². The summed E-state index contributed by atoms with van der Waals surface area (Å²) in [5.74, 6) is 2.12. The molecule has 4 heterocycles. The number of aliphatic hydroxyl groups is 1. The Morgan fingerprint density at radius 1 is 1.52 bits per heavy atom. The van der Waals surface area contributed by atoms with Gasteiger partial charge in [0.2, 0.25) is 5.89 Å². The van der Waals surface area contributed by atoms with E-state index in [1.165, 1.54) is 0 Å². The summed E-state index contributed by atoms with van der Waals surface area (Å²) in [6.45, 7) is 6.31. The van der Waals surface area contributed by atoms with Crippen LogP contribution in [-0.4, -0.2) is 47.9 Å². The molecule has 2 aliphatic heterocycles. The van der Waals surface area contributed by atoms with Crippen LogP contribution in [0.2, 0.25) is 0 Å². The van der Waals surface area contributed by atoms with Crippen molar-refractivity contribution in [1.82, 2.24) is 9.88 Å². The highest BCUT2D eigenvalue weighted by atomic mass is 32.1. The third-order valence-corrected chi connectivity index (χ3v) is 6.05. The maximum atomic E-state index is 9.88. The molecule has 0 saturated carbocycles. The van der Waals surface area contributed by atoms with Gasteiger partial charge in [0.05, 0.1) is 23.8 Å². The number of aliphatic hydroxyl groups excluding tert-OH is 1. The third-order valence-electron chi connectivity index (χ3n) is 5.20. The summed E-state index contributed by atoms with van der Waals surface area (Å²) in [4.78, 5) is 8.14. The highest BCUT2D eigenvalue weighted by molar-refractivity contribution is 7.13. The first-order valence-corrected chi connectivity index (χ1v) is 8.99. The number of nitrogens with zero attached hydrogens (tertiary/aromatic N) is 2. The summed E-state index contributed by atoms with van der Waals surface area (Å²) in [5.41, 5.74) is 0.910. The molecule has 0 aliphatic carbocycles. The van der Waals surface area contributed by atoms with Gasteiger partial charge in [-0.05, 0) is 30.7 Å². The quantitative estimate of drug-likeness (QED) is 0.931. The topological polar surface area (TPSA) is 58.7 Å². The molecule has 0 unspecified atom stereocenters. The van der Waals surface area contributed by atoms with E-state index in [-0.39, 0.29) is 12.0 Å². The first-order chi connectivity index (χ1) is 11.2. The Kier molecular flexibility index (Phi) is 4.01. The van der Waals surface area contributed by atoms with Gasteiger partial charge in [-0.3, -0.25) is 4.90 Å². The van der Waals surface area contributed by atoms with Crippen molar-refractivity contribution in [3.05, 3.63) is 29.0 Å². The van der Waals surface area contributed by atoms with Crippen molar-refractivity contribution in [3.63, 3.8) is 0 Å². The normalized spacial score (nSPS) is 28.2. The fourth-order valence-corrected chi connectivity index (χ4v) is 4.49. The van der Waals surface area contributed by atoms with E-state index in [1.807, 2.05) is 24.4 Å². The van der Waals surface area contributed by atoms with Crippen molar-refractivity contribution in [2.24, 2.45) is 11.3 Å². The second-order valence-electron chi connectivity index (χ2n) is 6.73. The molecule has 23 heavy (non-hydrogen) atoms. The molecule has 2 atom stereocenters. The van der Waals surface area contributed by atoms with Gasteiger partial charge in [0.15, 0.2) is 0 Å². The molecular formula is C17H22N2O3S. The third kappa shape index (κ3) is 2.74. The predicted octanol–water partition coefficient (Wildman–Crippen LogP) is 2.54. The molecule has 0 amide bonds. The Hall–Kier alpha value is -1.21. The largest absolute Gasteiger partial charge is 0.440 e. The van der Waals surface area contributed by atoms with E-state index in [9.17, 15) is 5.11 Å². The molecule has 2 aromatic rings. The van der Waals surface area contributed by atoms with Crippen molar-refractivity contribution in [2.75, 3.05) is 32.9 Å². The van der Waals surface area contributed by atoms with Crippen molar-refractivity contribution in [3.8, 4) is 10.8 Å². The number of rotatable bonds is 4. The lowest BCUT2D eigenvalue weighted by Gasteiger charge is -2.36. The molecule has 2 aromatic heterocycles. The maximum Gasteiger partial charge on any atom is 0.236 e. The zero-order valence-corrected chi connectivity index (χ0v) is 14.1. The summed E-state index contributed by atoms with van der Waals surface area (Å²) < 4.78 is 11.5. The van der Waals surface area contributed by atoms with Gasteiger partial charge in [-0.2, -0.15) is 0 Å². The molecule has 2 saturated heterocycles. The van der Waals surface area contributed by atoms with Gasteiger partial charge >= 0.3 is 0 Å². The van der Waals surface area contributed by atoms with Gasteiger partial charge in [-0.1, -0.05) is 6.07 Å². The highest BCUT2D eigenvalue weighted by Gasteiger charge is 2.48. The van der Waals surface area contributed by atoms with E-state index in [1.54, 1.807) is 11.3 Å². The summed E-state index contributed by atoms with van der Waals surface area (Å²) in [5, 5.41) is 11.9. The van der Waals surface area contributed by atoms with Gasteiger partial charge in [0.1, 0.15) is 5.76 Å². The van der Waals surface area contributed by atoms with E-state index in [0.717, 1.165) is 49.0 Å². The minimum absolute atomic E-state index is 0.0908. The fraction of sp³-hybridized carbons (Fsp3) is 0.588. The molecule has 5 nitrogen and oxygen atoms in total. The Balaban J connectivity index is 1.51. The number of aryl methyl sites for hydroxylation is 1. The van der Waals surface area contributed by atoms with E-state index >= 15 is 0 Å². The van der Waals surface area contributed by atoms with Crippen LogP contribution >= 0.6 is 11.3 Å². The van der Waals surface area contributed by atoms with Gasteiger partial charge in [0, 0.05) is 31.7 Å². The predicted molar refractivity (Wildman–Crippen MR) is 88.3 cm³/mol. The molecule has 0 radical (unpaired) electrons. The first-order valence-electron chi connectivity index (χ1n) is 8.11. The molecule has 124 valence electrons. The minimum atomic E-state index is -0.0908. The molecule has 2 aliphatic rings. The first kappa shape index (κ1) is 15.3. The molecule has 0 spiro atoms. The number of fused-ring (bicyclic) bond motifs is 1. The summed E-state index contributed by atoms with van der Waals surface area (Å²) in [7, 11) is 0. The Bertz CT molecular complexity index is 669. The number of hydrogen-bond acceptors (Lipinski definition) is 6. The smallest absolute Gasteiger partial charge is 0.236 e. The maximum absolute atomic E-state index is 9.88. The van der Waals surface area contributed by atoms with Crippen LogP contribution in [0.4, 0.5) is 0 Å². The zero-order valence-electron chi connectivity index (χ0n) is 13.3. The van der Waals surface area contributed by atoms with Gasteiger partial charge in [0.25, 0.3) is 0 Å². The fourth-order valence-electron chi connectivity index (χ4n) is 3.84. The number of oxazole rings is 1. The number of thiophene rings is 1. The van der Waals surface area contributed by atoms with Gasteiger partial charge in [-0.15, -0.1) is 11.3 Å². The number of hydrogen-bond donors (Lipinski definition) is 1. The van der Waals surface area contributed by atoms with Crippen molar-refractivity contribution in [2.45, 2.75) is 19.9 Å². The molecule has 0 bridgehead atoms. The van der Waals surface area contributed by atoms with Crippen molar-refractivity contribution in [1.29, 1.82) is 0 Å². The second-order valence-corrected chi connectivity index (χ2v) is 7.68. The lowest BCUT2D eigenvalue weighted by atomic mass is 9.76. The lowest BCUT2D eigenvalue weighted by Crippen LogP contribution is -2.42. The monoisotopic (exact) mass is 334 g/mol. The van der Waals surface area contributed by atoms with E-state index in [2.05, 4.69) is 9.88 Å². The van der Waals surface area contributed by atoms with E-state index in [0.29, 0.717) is 18.4 Å². The summed E-state index contributed by atoms with van der Waals surface area (Å²) in [6, 6.07) is 4.04. The van der Waals surface area contributed by atoms with Crippen LogP contribution in [0.3, 0.4) is 0 Å². The molecule has 4 rings (SSSR count). The molecule has 2 fully saturated rings. The lowest BCUT2D eigenvalue weighted by molar-refractivity contribution is -0.0561. The van der Waals surface area contributed by atoms with Crippen LogP contribution in [0.1, 0.15) is 17.9 Å². The Morgan fingerprint density at radius 2 is 2.43 bits per heavy atom. The molecule has 6 heteroatoms. The van der Waals surface area contributed by atoms with Crippen LogP contribution in [0.15, 0.2) is 21.9 Å².